The second kappa shape index (κ2) is 20.7. The van der Waals surface area contributed by atoms with Gasteiger partial charge in [0, 0.05) is 56.3 Å². The Morgan fingerprint density at radius 2 is 0.895 bits per heavy atom. The van der Waals surface area contributed by atoms with Crippen LogP contribution in [0.4, 0.5) is 17.1 Å². The van der Waals surface area contributed by atoms with E-state index >= 15 is 0 Å². The fourth-order valence-corrected chi connectivity index (χ4v) is 6.75. The molecule has 0 N–H and O–H groups in total. The molecule has 1 aliphatic carbocycles. The molecular weight excluding hydrogens is 721 g/mol. The smallest absolute Gasteiger partial charge is 0.348 e. The van der Waals surface area contributed by atoms with Crippen molar-refractivity contribution in [2.45, 2.75) is 58.2 Å². The second-order valence-corrected chi connectivity index (χ2v) is 13.4. The maximum Gasteiger partial charge on any atom is 0.348 e. The summed E-state index contributed by atoms with van der Waals surface area (Å²) in [5.41, 5.74) is 4.88. The highest BCUT2D eigenvalue weighted by Crippen LogP contribution is 2.35. The quantitative estimate of drug-likeness (QED) is 0.0501. The Hall–Kier alpha value is -6.84. The molecule has 294 valence electrons. The first-order valence-corrected chi connectivity index (χ1v) is 18.8. The summed E-state index contributed by atoms with van der Waals surface area (Å²) in [6, 6.07) is 27.4. The van der Waals surface area contributed by atoms with Gasteiger partial charge in [0.2, 0.25) is 0 Å². The lowest BCUT2D eigenvalue weighted by molar-refractivity contribution is -0.138. The molecule has 2 unspecified atom stereocenters. The number of nitrogens with zero attached hydrogens (tertiary/aromatic N) is 6. The van der Waals surface area contributed by atoms with Gasteiger partial charge in [0.05, 0.1) is 26.4 Å². The summed E-state index contributed by atoms with van der Waals surface area (Å²) in [7, 11) is 6.23. The first kappa shape index (κ1) is 42.9. The summed E-state index contributed by atoms with van der Waals surface area (Å²) >= 11 is 0. The Labute approximate surface area is 335 Å². The number of hydrogen-bond donors (Lipinski definition) is 0. The summed E-state index contributed by atoms with van der Waals surface area (Å²) < 4.78 is 15.0. The van der Waals surface area contributed by atoms with Crippen molar-refractivity contribution in [3.8, 4) is 12.1 Å². The van der Waals surface area contributed by atoms with Gasteiger partial charge in [0.1, 0.15) is 23.3 Å². The average molecular weight is 769 g/mol. The third kappa shape index (κ3) is 11.3. The zero-order chi connectivity index (χ0) is 41.5. The van der Waals surface area contributed by atoms with E-state index in [9.17, 15) is 24.9 Å². The predicted octanol–water partition coefficient (Wildman–Crippen LogP) is 7.45. The monoisotopic (exact) mass is 768 g/mol. The van der Waals surface area contributed by atoms with Crippen LogP contribution in [0.15, 0.2) is 89.6 Å². The molecule has 12 nitrogen and oxygen atoms in total. The SMILES string of the molecule is [C-]#[N+]/C(=C\c1ccc(N(C)C2CC(N(C)c3ccc(/C=C(\C#N)C(=O)OCC)cc3)CC(N(C)c3ccc(/C=C(\C#N)C(=O)OCC)cc3)C2)cc1)C(=O)OCC. The number of esters is 3. The molecule has 1 aliphatic rings. The molecule has 1 fully saturated rings. The van der Waals surface area contributed by atoms with Crippen molar-refractivity contribution in [1.82, 2.24) is 0 Å². The zero-order valence-electron chi connectivity index (χ0n) is 33.3. The first-order chi connectivity index (χ1) is 27.5. The number of carbonyl (C=O) groups excluding carboxylic acids is 3. The van der Waals surface area contributed by atoms with Gasteiger partial charge in [-0.3, -0.25) is 4.79 Å². The number of benzene rings is 3. The van der Waals surface area contributed by atoms with Gasteiger partial charge in [-0.1, -0.05) is 36.4 Å². The van der Waals surface area contributed by atoms with E-state index in [1.54, 1.807) is 20.8 Å². The number of carbonyl (C=O) groups is 3. The molecule has 0 spiro atoms. The van der Waals surface area contributed by atoms with Gasteiger partial charge >= 0.3 is 17.9 Å². The van der Waals surface area contributed by atoms with Crippen LogP contribution in [0.5, 0.6) is 0 Å². The molecule has 2 atom stereocenters. The molecule has 3 aromatic carbocycles. The predicted molar refractivity (Wildman–Crippen MR) is 221 cm³/mol. The maximum atomic E-state index is 12.2. The Balaban J connectivity index is 1.63. The van der Waals surface area contributed by atoms with Crippen molar-refractivity contribution in [3.63, 3.8) is 0 Å². The number of ether oxygens (including phenoxy) is 3. The number of anilines is 3. The molecule has 57 heavy (non-hydrogen) atoms. The molecule has 0 radical (unpaired) electrons. The van der Waals surface area contributed by atoms with E-state index in [2.05, 4.69) is 40.7 Å². The van der Waals surface area contributed by atoms with Crippen LogP contribution in [0.25, 0.3) is 23.1 Å². The lowest BCUT2D eigenvalue weighted by Gasteiger charge is -2.47. The molecule has 12 heteroatoms. The van der Waals surface area contributed by atoms with Crippen molar-refractivity contribution in [2.24, 2.45) is 0 Å². The zero-order valence-corrected chi connectivity index (χ0v) is 33.3. The Morgan fingerprint density at radius 3 is 1.18 bits per heavy atom. The average Bonchev–Trinajstić information content (AvgIpc) is 3.23. The molecule has 0 aromatic heterocycles. The first-order valence-electron chi connectivity index (χ1n) is 18.8. The van der Waals surface area contributed by atoms with Crippen LogP contribution in [0.2, 0.25) is 0 Å². The molecule has 0 bridgehead atoms. The second-order valence-electron chi connectivity index (χ2n) is 13.4. The van der Waals surface area contributed by atoms with Crippen LogP contribution in [-0.2, 0) is 28.6 Å². The van der Waals surface area contributed by atoms with E-state index in [1.165, 1.54) is 18.2 Å². The standard InChI is InChI=1S/C45H48N6O6/c1-8-55-43(52)34(29-46)23-31-11-17-36(18-12-31)49(5)39-26-40(50(6)37-19-13-32(14-20-37)24-35(30-47)44(53)56-9-2)28-41(27-39)51(7)38-21-15-33(16-22-38)25-42(48-4)45(54)57-10-3/h11-25,39-41H,8-10,26-28H2,1-3,5-7H3/b34-23+,35-24+,42-25-. The molecule has 4 rings (SSSR count). The van der Waals surface area contributed by atoms with E-state index < -0.39 is 17.9 Å². The third-order valence-electron chi connectivity index (χ3n) is 9.94. The van der Waals surface area contributed by atoms with Crippen LogP contribution >= 0.6 is 0 Å². The van der Waals surface area contributed by atoms with Gasteiger partial charge in [-0.05, 0) is 111 Å². The third-order valence-corrected chi connectivity index (χ3v) is 9.94. The minimum atomic E-state index is -0.653. The largest absolute Gasteiger partial charge is 0.471 e. The van der Waals surface area contributed by atoms with Crippen LogP contribution in [-0.4, -0.2) is 77.0 Å². The number of hydrogen-bond acceptors (Lipinski definition) is 11. The number of rotatable bonds is 15. The van der Waals surface area contributed by atoms with Crippen LogP contribution < -0.4 is 14.7 Å². The Morgan fingerprint density at radius 1 is 0.596 bits per heavy atom. The fraction of sp³-hybridized carbons (Fsp3) is 0.333. The minimum absolute atomic E-state index is 0.0644. The summed E-state index contributed by atoms with van der Waals surface area (Å²) in [6.07, 6.45) is 7.13. The highest BCUT2D eigenvalue weighted by Gasteiger charge is 2.35. The molecule has 3 aromatic rings. The van der Waals surface area contributed by atoms with Crippen molar-refractivity contribution in [1.29, 1.82) is 10.5 Å². The highest BCUT2D eigenvalue weighted by molar-refractivity contribution is 5.98. The van der Waals surface area contributed by atoms with Gasteiger partial charge in [0.15, 0.2) is 0 Å². The van der Waals surface area contributed by atoms with E-state index in [0.717, 1.165) is 41.9 Å². The van der Waals surface area contributed by atoms with Crippen LogP contribution in [0, 0.1) is 29.2 Å². The van der Waals surface area contributed by atoms with Gasteiger partial charge in [-0.2, -0.15) is 10.5 Å². The summed E-state index contributed by atoms with van der Waals surface area (Å²) in [5, 5.41) is 19.0. The topological polar surface area (TPSA) is 141 Å². The van der Waals surface area contributed by atoms with Gasteiger partial charge < -0.3 is 28.9 Å². The minimum Gasteiger partial charge on any atom is -0.471 e. The molecule has 0 aliphatic heterocycles. The fourth-order valence-electron chi connectivity index (χ4n) is 6.75. The number of nitriles is 2. The Bertz CT molecular complexity index is 1860. The molecular formula is C45H48N6O6. The van der Waals surface area contributed by atoms with Crippen molar-refractivity contribution >= 4 is 53.2 Å². The summed E-state index contributed by atoms with van der Waals surface area (Å²) in [4.78, 5) is 46.7. The lowest BCUT2D eigenvalue weighted by atomic mass is 9.84. The summed E-state index contributed by atoms with van der Waals surface area (Å²) in [5.74, 6) is -1.95. The van der Waals surface area contributed by atoms with Gasteiger partial charge in [-0.25, -0.2) is 14.4 Å². The van der Waals surface area contributed by atoms with Gasteiger partial charge in [-0.15, -0.1) is 0 Å². The van der Waals surface area contributed by atoms with Crippen molar-refractivity contribution < 1.29 is 28.6 Å². The van der Waals surface area contributed by atoms with E-state index in [-0.39, 0.29) is 54.8 Å². The normalized spacial score (nSPS) is 16.9. The van der Waals surface area contributed by atoms with Crippen LogP contribution in [0.1, 0.15) is 56.7 Å². The Kier molecular flexibility index (Phi) is 15.6. The molecule has 0 heterocycles. The molecule has 0 amide bonds. The lowest BCUT2D eigenvalue weighted by Crippen LogP contribution is -2.52. The van der Waals surface area contributed by atoms with Crippen molar-refractivity contribution in [2.75, 3.05) is 55.7 Å². The van der Waals surface area contributed by atoms with E-state index in [1.807, 2.05) is 84.9 Å². The van der Waals surface area contributed by atoms with Crippen molar-refractivity contribution in [3.05, 3.63) is 118 Å². The molecule has 0 saturated heterocycles. The van der Waals surface area contributed by atoms with Gasteiger partial charge in [0.25, 0.3) is 5.70 Å². The van der Waals surface area contributed by atoms with E-state index in [4.69, 9.17) is 20.8 Å². The van der Waals surface area contributed by atoms with E-state index in [0.29, 0.717) is 11.1 Å². The highest BCUT2D eigenvalue weighted by atomic mass is 16.5. The molecule has 1 saturated carbocycles. The maximum absolute atomic E-state index is 12.2. The van der Waals surface area contributed by atoms with Crippen LogP contribution in [0.3, 0.4) is 0 Å². The summed E-state index contributed by atoms with van der Waals surface area (Å²) in [6.45, 7) is 13.1.